The van der Waals surface area contributed by atoms with Gasteiger partial charge in [0.25, 0.3) is 0 Å². The van der Waals surface area contributed by atoms with Gasteiger partial charge in [0.1, 0.15) is 0 Å². The second-order valence-corrected chi connectivity index (χ2v) is 11.3. The average molecular weight is 438 g/mol. The maximum absolute atomic E-state index is 13.1. The molecular weight excluding hydrogens is 402 g/mol. The molecule has 0 aromatic heterocycles. The van der Waals surface area contributed by atoms with Gasteiger partial charge in [0, 0.05) is 37.2 Å². The molecule has 1 aromatic rings. The first-order chi connectivity index (χ1) is 15.2. The zero-order valence-corrected chi connectivity index (χ0v) is 19.5. The highest BCUT2D eigenvalue weighted by Crippen LogP contribution is 2.62. The average Bonchev–Trinajstić information content (AvgIpc) is 2.85. The largest absolute Gasteiger partial charge is 0.343 e. The zero-order chi connectivity index (χ0) is 22.7. The van der Waals surface area contributed by atoms with Gasteiger partial charge < -0.3 is 15.5 Å². The second kappa shape index (κ2) is 7.60. The molecule has 4 bridgehead atoms. The van der Waals surface area contributed by atoms with E-state index in [9.17, 15) is 14.4 Å². The number of hydrogen-bond donors (Lipinski definition) is 2. The SMILES string of the molecule is CC(=O)c1ccc2c(c1)C1CC3(C)CC2CC(NC(=O)NC2CCN(C(C)=O)CC2)(C1)C3. The van der Waals surface area contributed by atoms with Crippen LogP contribution >= 0.6 is 0 Å². The highest BCUT2D eigenvalue weighted by atomic mass is 16.2. The topological polar surface area (TPSA) is 78.5 Å². The number of Topliss-reactive ketones (excluding diaryl/α,β-unsaturated/α-hetero) is 1. The number of ketones is 1. The van der Waals surface area contributed by atoms with Crippen LogP contribution in [0.2, 0.25) is 0 Å². The maximum Gasteiger partial charge on any atom is 0.315 e. The Kier molecular flexibility index (Phi) is 5.10. The van der Waals surface area contributed by atoms with E-state index in [4.69, 9.17) is 0 Å². The molecule has 3 fully saturated rings. The fraction of sp³-hybridized carbons (Fsp3) is 0.654. The molecular formula is C26H35N3O3. The van der Waals surface area contributed by atoms with E-state index in [2.05, 4.69) is 29.7 Å². The summed E-state index contributed by atoms with van der Waals surface area (Å²) in [7, 11) is 0. The number of nitrogens with one attached hydrogen (secondary N) is 2. The predicted molar refractivity (Wildman–Crippen MR) is 123 cm³/mol. The van der Waals surface area contributed by atoms with E-state index in [0.29, 0.717) is 24.9 Å². The minimum atomic E-state index is -0.194. The van der Waals surface area contributed by atoms with Crippen LogP contribution in [0.5, 0.6) is 0 Å². The molecule has 0 radical (unpaired) electrons. The Morgan fingerprint density at radius 3 is 2.25 bits per heavy atom. The molecule has 4 unspecified atom stereocenters. The van der Waals surface area contributed by atoms with Crippen molar-refractivity contribution in [2.75, 3.05) is 13.1 Å². The Morgan fingerprint density at radius 1 is 0.969 bits per heavy atom. The summed E-state index contributed by atoms with van der Waals surface area (Å²) >= 11 is 0. The normalized spacial score (nSPS) is 33.4. The molecule has 6 heteroatoms. The van der Waals surface area contributed by atoms with Gasteiger partial charge >= 0.3 is 6.03 Å². The van der Waals surface area contributed by atoms with Crippen LogP contribution in [0.1, 0.15) is 99.0 Å². The first kappa shape index (κ1) is 21.5. The number of carbonyl (C=O) groups is 3. The minimum absolute atomic E-state index is 0.0645. The number of benzene rings is 1. The van der Waals surface area contributed by atoms with Crippen molar-refractivity contribution in [1.29, 1.82) is 0 Å². The van der Waals surface area contributed by atoms with Gasteiger partial charge in [-0.2, -0.15) is 0 Å². The number of carbonyl (C=O) groups excluding carboxylic acids is 3. The Labute approximate surface area is 190 Å². The summed E-state index contributed by atoms with van der Waals surface area (Å²) in [6, 6.07) is 6.35. The summed E-state index contributed by atoms with van der Waals surface area (Å²) in [6.45, 7) is 7.05. The van der Waals surface area contributed by atoms with Crippen molar-refractivity contribution in [3.05, 3.63) is 34.9 Å². The lowest BCUT2D eigenvalue weighted by atomic mass is 9.55. The van der Waals surface area contributed by atoms with Crippen molar-refractivity contribution in [2.24, 2.45) is 5.41 Å². The molecule has 32 heavy (non-hydrogen) atoms. The third-order valence-corrected chi connectivity index (χ3v) is 8.55. The highest BCUT2D eigenvalue weighted by Gasteiger charge is 2.55. The summed E-state index contributed by atoms with van der Waals surface area (Å²) in [5.74, 6) is 1.04. The van der Waals surface area contributed by atoms with Crippen LogP contribution in [0.15, 0.2) is 18.2 Å². The Balaban J connectivity index is 1.33. The first-order valence-electron chi connectivity index (χ1n) is 12.1. The van der Waals surface area contributed by atoms with Crippen LogP contribution in [0.4, 0.5) is 4.79 Å². The molecule has 172 valence electrons. The summed E-state index contributed by atoms with van der Waals surface area (Å²) < 4.78 is 0. The molecule has 4 atom stereocenters. The van der Waals surface area contributed by atoms with E-state index in [1.807, 2.05) is 11.0 Å². The standard InChI is InChI=1S/C26H35N3O3/c1-16(30)18-4-5-22-19-11-25(3)12-20(23(22)10-18)14-26(13-19,15-25)28-24(32)27-21-6-8-29(9-7-21)17(2)31/h4-5,10,19-21H,6-9,11-15H2,1-3H3,(H2,27,28,32). The fourth-order valence-corrected chi connectivity index (χ4v) is 7.46. The summed E-state index contributed by atoms with van der Waals surface area (Å²) in [6.07, 6.45) is 6.85. The Hall–Kier alpha value is -2.37. The van der Waals surface area contributed by atoms with Crippen molar-refractivity contribution in [3.63, 3.8) is 0 Å². The lowest BCUT2D eigenvalue weighted by Gasteiger charge is -2.54. The van der Waals surface area contributed by atoms with Gasteiger partial charge in [0.15, 0.2) is 5.78 Å². The summed E-state index contributed by atoms with van der Waals surface area (Å²) in [5.41, 5.74) is 3.55. The van der Waals surface area contributed by atoms with Gasteiger partial charge in [-0.05, 0) is 86.3 Å². The molecule has 0 spiro atoms. The van der Waals surface area contributed by atoms with Crippen LogP contribution < -0.4 is 10.6 Å². The number of amides is 3. The van der Waals surface area contributed by atoms with Gasteiger partial charge in [0.05, 0.1) is 0 Å². The van der Waals surface area contributed by atoms with E-state index in [1.54, 1.807) is 13.8 Å². The third kappa shape index (κ3) is 3.82. The zero-order valence-electron chi connectivity index (χ0n) is 19.5. The first-order valence-corrected chi connectivity index (χ1v) is 12.1. The van der Waals surface area contributed by atoms with E-state index in [-0.39, 0.29) is 34.7 Å². The molecule has 2 saturated carbocycles. The molecule has 1 heterocycles. The van der Waals surface area contributed by atoms with Crippen LogP contribution in [0, 0.1) is 5.41 Å². The van der Waals surface area contributed by atoms with Crippen LogP contribution in [0.3, 0.4) is 0 Å². The van der Waals surface area contributed by atoms with Gasteiger partial charge in [0.2, 0.25) is 5.91 Å². The molecule has 2 N–H and O–H groups in total. The number of hydrogen-bond acceptors (Lipinski definition) is 3. The van der Waals surface area contributed by atoms with Crippen molar-refractivity contribution < 1.29 is 14.4 Å². The Bertz CT molecular complexity index is 967. The Morgan fingerprint density at radius 2 is 1.62 bits per heavy atom. The monoisotopic (exact) mass is 437 g/mol. The van der Waals surface area contributed by atoms with E-state index >= 15 is 0 Å². The summed E-state index contributed by atoms with van der Waals surface area (Å²) in [4.78, 5) is 38.5. The molecule has 1 aromatic carbocycles. The quantitative estimate of drug-likeness (QED) is 0.699. The maximum atomic E-state index is 13.1. The van der Waals surface area contributed by atoms with Crippen molar-refractivity contribution in [3.8, 4) is 0 Å². The number of urea groups is 1. The minimum Gasteiger partial charge on any atom is -0.343 e. The van der Waals surface area contributed by atoms with Gasteiger partial charge in [-0.15, -0.1) is 0 Å². The lowest BCUT2D eigenvalue weighted by Crippen LogP contribution is -2.60. The van der Waals surface area contributed by atoms with Crippen LogP contribution in [-0.2, 0) is 4.79 Å². The van der Waals surface area contributed by atoms with Crippen molar-refractivity contribution >= 4 is 17.7 Å². The van der Waals surface area contributed by atoms with Crippen molar-refractivity contribution in [1.82, 2.24) is 15.5 Å². The highest BCUT2D eigenvalue weighted by molar-refractivity contribution is 5.94. The van der Waals surface area contributed by atoms with E-state index in [1.165, 1.54) is 11.1 Å². The smallest absolute Gasteiger partial charge is 0.315 e. The van der Waals surface area contributed by atoms with E-state index in [0.717, 1.165) is 50.5 Å². The van der Waals surface area contributed by atoms with Gasteiger partial charge in [-0.1, -0.05) is 19.1 Å². The fourth-order valence-electron chi connectivity index (χ4n) is 7.46. The number of piperidine rings is 1. The summed E-state index contributed by atoms with van der Waals surface area (Å²) in [5, 5.41) is 6.64. The second-order valence-electron chi connectivity index (χ2n) is 11.3. The number of rotatable bonds is 3. The van der Waals surface area contributed by atoms with E-state index < -0.39 is 0 Å². The van der Waals surface area contributed by atoms with Gasteiger partial charge in [-0.25, -0.2) is 4.79 Å². The molecule has 6 nitrogen and oxygen atoms in total. The molecule has 5 aliphatic rings. The number of likely N-dealkylation sites (tertiary alicyclic amines) is 1. The molecule has 6 rings (SSSR count). The molecule has 1 aliphatic heterocycles. The third-order valence-electron chi connectivity index (χ3n) is 8.55. The lowest BCUT2D eigenvalue weighted by molar-refractivity contribution is -0.129. The molecule has 1 saturated heterocycles. The number of nitrogens with zero attached hydrogens (tertiary/aromatic N) is 1. The molecule has 3 amide bonds. The molecule has 4 aliphatic carbocycles. The van der Waals surface area contributed by atoms with Crippen LogP contribution in [-0.4, -0.2) is 47.3 Å². The van der Waals surface area contributed by atoms with Crippen molar-refractivity contribution in [2.45, 2.75) is 89.1 Å². The van der Waals surface area contributed by atoms with Gasteiger partial charge in [-0.3, -0.25) is 9.59 Å². The predicted octanol–water partition coefficient (Wildman–Crippen LogP) is 4.10. The van der Waals surface area contributed by atoms with Crippen LogP contribution in [0.25, 0.3) is 0 Å².